The van der Waals surface area contributed by atoms with Crippen molar-refractivity contribution < 1.29 is 26.8 Å². The lowest BCUT2D eigenvalue weighted by Gasteiger charge is -2.24. The van der Waals surface area contributed by atoms with Crippen LogP contribution in [-0.2, 0) is 11.6 Å². The predicted octanol–water partition coefficient (Wildman–Crippen LogP) is 6.70. The van der Waals surface area contributed by atoms with Crippen LogP contribution < -0.4 is 5.32 Å². The van der Waals surface area contributed by atoms with Crippen LogP contribution in [0.15, 0.2) is 21.0 Å². The Balaban J connectivity index is 1.30. The van der Waals surface area contributed by atoms with E-state index >= 15 is 0 Å². The summed E-state index contributed by atoms with van der Waals surface area (Å²) in [5.41, 5.74) is -0.911. The number of halogens is 4. The number of nitrogens with zero attached hydrogens (tertiary/aromatic N) is 2. The SMILES string of the molecule is Cc1nnc(C2(CCCNC(=O)c3oc4c(C(F)(F)F)cc(C5CC5)cc4c3Cl)CCCC2)o1. The maximum absolute atomic E-state index is 13.7. The second kappa shape index (κ2) is 8.59. The number of nitrogens with one attached hydrogen (secondary N) is 1. The Morgan fingerprint density at radius 1 is 1.21 bits per heavy atom. The average molecular weight is 496 g/mol. The summed E-state index contributed by atoms with van der Waals surface area (Å²) in [4.78, 5) is 12.8. The van der Waals surface area contributed by atoms with Crippen molar-refractivity contribution in [3.8, 4) is 0 Å². The molecule has 2 aromatic heterocycles. The molecule has 1 N–H and O–H groups in total. The Morgan fingerprint density at radius 2 is 1.94 bits per heavy atom. The quantitative estimate of drug-likeness (QED) is 0.369. The number of fused-ring (bicyclic) bond motifs is 1. The maximum Gasteiger partial charge on any atom is 0.420 e. The number of hydrogen-bond donors (Lipinski definition) is 1. The molecule has 0 unspecified atom stereocenters. The Bertz CT molecular complexity index is 1220. The van der Waals surface area contributed by atoms with E-state index < -0.39 is 23.2 Å². The van der Waals surface area contributed by atoms with E-state index in [0.717, 1.165) is 51.0 Å². The molecule has 0 spiro atoms. The summed E-state index contributed by atoms with van der Waals surface area (Å²) in [6.07, 6.45) is 2.52. The van der Waals surface area contributed by atoms with Gasteiger partial charge in [-0.15, -0.1) is 10.2 Å². The van der Waals surface area contributed by atoms with Gasteiger partial charge in [-0.2, -0.15) is 13.2 Å². The third-order valence-corrected chi connectivity index (χ3v) is 7.34. The van der Waals surface area contributed by atoms with Gasteiger partial charge in [-0.3, -0.25) is 4.79 Å². The third kappa shape index (κ3) is 4.30. The number of aryl methyl sites for hydroxylation is 1. The van der Waals surface area contributed by atoms with Crippen LogP contribution in [-0.4, -0.2) is 22.6 Å². The second-order valence-corrected chi connectivity index (χ2v) is 9.81. The zero-order valence-corrected chi connectivity index (χ0v) is 19.5. The van der Waals surface area contributed by atoms with Gasteiger partial charge in [-0.25, -0.2) is 0 Å². The van der Waals surface area contributed by atoms with Crippen LogP contribution in [0, 0.1) is 6.92 Å². The summed E-state index contributed by atoms with van der Waals surface area (Å²) < 4.78 is 52.1. The average Bonchev–Trinajstić information content (AvgIpc) is 3.20. The number of alkyl halides is 3. The highest BCUT2D eigenvalue weighted by molar-refractivity contribution is 6.38. The third-order valence-electron chi connectivity index (χ3n) is 6.97. The van der Waals surface area contributed by atoms with Crippen LogP contribution in [0.25, 0.3) is 11.0 Å². The maximum atomic E-state index is 13.7. The molecule has 0 bridgehead atoms. The molecule has 0 radical (unpaired) electrons. The molecule has 1 aromatic carbocycles. The largest absolute Gasteiger partial charge is 0.449 e. The first-order valence-electron chi connectivity index (χ1n) is 11.6. The van der Waals surface area contributed by atoms with E-state index in [2.05, 4.69) is 15.5 Å². The predicted molar refractivity (Wildman–Crippen MR) is 119 cm³/mol. The molecular weight excluding hydrogens is 471 g/mol. The fourth-order valence-electron chi connectivity index (χ4n) is 5.04. The van der Waals surface area contributed by atoms with E-state index in [0.29, 0.717) is 30.3 Å². The van der Waals surface area contributed by atoms with Crippen LogP contribution in [0.3, 0.4) is 0 Å². The zero-order chi connectivity index (χ0) is 24.1. The molecule has 3 aromatic rings. The number of furan rings is 1. The topological polar surface area (TPSA) is 81.2 Å². The fourth-order valence-corrected chi connectivity index (χ4v) is 5.31. The molecule has 2 heterocycles. The van der Waals surface area contributed by atoms with E-state index in [9.17, 15) is 18.0 Å². The van der Waals surface area contributed by atoms with Crippen molar-refractivity contribution in [3.63, 3.8) is 0 Å². The Kier molecular flexibility index (Phi) is 5.86. The molecular formula is C24H25ClF3N3O3. The van der Waals surface area contributed by atoms with Gasteiger partial charge >= 0.3 is 6.18 Å². The summed E-state index contributed by atoms with van der Waals surface area (Å²) in [6, 6.07) is 2.73. The number of hydrogen-bond acceptors (Lipinski definition) is 5. The lowest BCUT2D eigenvalue weighted by molar-refractivity contribution is -0.136. The highest BCUT2D eigenvalue weighted by Gasteiger charge is 2.40. The van der Waals surface area contributed by atoms with Gasteiger partial charge in [0.15, 0.2) is 0 Å². The van der Waals surface area contributed by atoms with E-state index in [1.807, 2.05) is 0 Å². The van der Waals surface area contributed by atoms with Crippen molar-refractivity contribution in [2.75, 3.05) is 6.54 Å². The molecule has 5 rings (SSSR count). The van der Waals surface area contributed by atoms with Crippen molar-refractivity contribution in [2.24, 2.45) is 0 Å². The Hall–Kier alpha value is -2.55. The normalized spacial score (nSPS) is 18.0. The number of carbonyl (C=O) groups excluding carboxylic acids is 1. The molecule has 2 saturated carbocycles. The van der Waals surface area contributed by atoms with Gasteiger partial charge in [0.1, 0.15) is 5.58 Å². The Morgan fingerprint density at radius 3 is 2.56 bits per heavy atom. The number of rotatable bonds is 7. The second-order valence-electron chi connectivity index (χ2n) is 9.44. The van der Waals surface area contributed by atoms with Crippen LogP contribution >= 0.6 is 11.6 Å². The minimum Gasteiger partial charge on any atom is -0.449 e. The smallest absolute Gasteiger partial charge is 0.420 e. The van der Waals surface area contributed by atoms with E-state index in [4.69, 9.17) is 20.4 Å². The summed E-state index contributed by atoms with van der Waals surface area (Å²) >= 11 is 6.34. The molecule has 0 aliphatic heterocycles. The number of benzene rings is 1. The number of aromatic nitrogens is 2. The van der Waals surface area contributed by atoms with Crippen molar-refractivity contribution >= 4 is 28.5 Å². The molecule has 2 fully saturated rings. The Labute approximate surface area is 199 Å². The first kappa shape index (κ1) is 23.2. The van der Waals surface area contributed by atoms with Gasteiger partial charge in [-0.1, -0.05) is 24.4 Å². The lowest BCUT2D eigenvalue weighted by Crippen LogP contribution is -2.28. The number of amides is 1. The zero-order valence-electron chi connectivity index (χ0n) is 18.7. The molecule has 0 atom stereocenters. The van der Waals surface area contributed by atoms with Crippen LogP contribution in [0.2, 0.25) is 5.02 Å². The summed E-state index contributed by atoms with van der Waals surface area (Å²) in [5, 5.41) is 11.0. The molecule has 0 saturated heterocycles. The van der Waals surface area contributed by atoms with Crippen molar-refractivity contribution in [3.05, 3.63) is 45.8 Å². The molecule has 2 aliphatic rings. The highest BCUT2D eigenvalue weighted by atomic mass is 35.5. The standard InChI is InChI=1S/C24H25ClF3N3O3/c1-13-30-31-22(33-13)23(7-2-3-8-23)9-4-10-29-21(32)20-18(25)16-11-15(14-5-6-14)12-17(19(16)34-20)24(26,27)28/h11-12,14H,2-10H2,1H3,(H,29,32). The van der Waals surface area contributed by atoms with Gasteiger partial charge in [0, 0.05) is 24.3 Å². The summed E-state index contributed by atoms with van der Waals surface area (Å²) in [7, 11) is 0. The first-order chi connectivity index (χ1) is 16.2. The van der Waals surface area contributed by atoms with E-state index in [1.54, 1.807) is 13.0 Å². The minimum atomic E-state index is -4.61. The molecule has 6 nitrogen and oxygen atoms in total. The molecule has 10 heteroatoms. The van der Waals surface area contributed by atoms with E-state index in [1.165, 1.54) is 0 Å². The molecule has 2 aliphatic carbocycles. The van der Waals surface area contributed by atoms with Crippen LogP contribution in [0.4, 0.5) is 13.2 Å². The highest BCUT2D eigenvalue weighted by Crippen LogP contribution is 2.47. The van der Waals surface area contributed by atoms with Gasteiger partial charge in [0.25, 0.3) is 5.91 Å². The molecule has 182 valence electrons. The minimum absolute atomic E-state index is 0.0888. The summed E-state index contributed by atoms with van der Waals surface area (Å²) in [5.74, 6) is 0.339. The van der Waals surface area contributed by atoms with Gasteiger partial charge in [0.05, 0.1) is 10.6 Å². The van der Waals surface area contributed by atoms with Gasteiger partial charge in [0.2, 0.25) is 17.5 Å². The van der Waals surface area contributed by atoms with Crippen molar-refractivity contribution in [1.82, 2.24) is 15.5 Å². The van der Waals surface area contributed by atoms with Crippen molar-refractivity contribution in [2.45, 2.75) is 75.8 Å². The van der Waals surface area contributed by atoms with Crippen LogP contribution in [0.5, 0.6) is 0 Å². The first-order valence-corrected chi connectivity index (χ1v) is 12.0. The van der Waals surface area contributed by atoms with Crippen molar-refractivity contribution in [1.29, 1.82) is 0 Å². The summed E-state index contributed by atoms with van der Waals surface area (Å²) in [6.45, 7) is 2.08. The van der Waals surface area contributed by atoms with E-state index in [-0.39, 0.29) is 27.5 Å². The molecule has 34 heavy (non-hydrogen) atoms. The fraction of sp³-hybridized carbons (Fsp3) is 0.542. The number of carbonyl (C=O) groups is 1. The van der Waals surface area contributed by atoms with Gasteiger partial charge in [-0.05, 0) is 62.1 Å². The lowest BCUT2D eigenvalue weighted by atomic mass is 9.81. The van der Waals surface area contributed by atoms with Crippen LogP contribution in [0.1, 0.15) is 90.7 Å². The monoisotopic (exact) mass is 495 g/mol. The molecule has 1 amide bonds. The van der Waals surface area contributed by atoms with Gasteiger partial charge < -0.3 is 14.2 Å².